The van der Waals surface area contributed by atoms with Crippen LogP contribution in [0.3, 0.4) is 0 Å². The highest BCUT2D eigenvalue weighted by atomic mass is 35.5. The summed E-state index contributed by atoms with van der Waals surface area (Å²) in [6, 6.07) is 3.29. The number of piperazine rings is 1. The summed E-state index contributed by atoms with van der Waals surface area (Å²) in [4.78, 5) is 43.4. The first kappa shape index (κ1) is 18.6. The molecule has 1 fully saturated rings. The van der Waals surface area contributed by atoms with E-state index in [1.807, 2.05) is 7.05 Å². The van der Waals surface area contributed by atoms with E-state index in [2.05, 4.69) is 19.9 Å². The molecule has 0 bridgehead atoms. The molecule has 0 N–H and O–H groups in total. The predicted octanol–water partition coefficient (Wildman–Crippen LogP) is 1.61. The molecule has 4 heterocycles. The van der Waals surface area contributed by atoms with Crippen molar-refractivity contribution in [2.24, 2.45) is 0 Å². The number of amides is 2. The van der Waals surface area contributed by atoms with Crippen LogP contribution in [0, 0.1) is 0 Å². The third kappa shape index (κ3) is 3.63. The fourth-order valence-corrected chi connectivity index (χ4v) is 3.33. The Morgan fingerprint density at radius 3 is 2.61 bits per heavy atom. The van der Waals surface area contributed by atoms with Gasteiger partial charge in [-0.1, -0.05) is 11.6 Å². The van der Waals surface area contributed by atoms with Gasteiger partial charge in [-0.3, -0.25) is 14.7 Å². The smallest absolute Gasteiger partial charge is 0.410 e. The lowest BCUT2D eigenvalue weighted by molar-refractivity contribution is 0.0455. The highest BCUT2D eigenvalue weighted by Gasteiger charge is 2.38. The number of pyridine rings is 1. The lowest BCUT2D eigenvalue weighted by Gasteiger charge is -2.35. The molecule has 4 rings (SSSR count). The quantitative estimate of drug-likeness (QED) is 0.753. The third-order valence-electron chi connectivity index (χ3n) is 4.82. The molecule has 10 heteroatoms. The van der Waals surface area contributed by atoms with Gasteiger partial charge in [-0.2, -0.15) is 0 Å². The largest absolute Gasteiger partial charge is 0.438 e. The Balaban J connectivity index is 1.59. The highest BCUT2D eigenvalue weighted by molar-refractivity contribution is 6.30. The van der Waals surface area contributed by atoms with Crippen LogP contribution in [0.4, 0.5) is 10.6 Å². The molecule has 0 saturated carbocycles. The zero-order valence-corrected chi connectivity index (χ0v) is 16.0. The molecule has 28 heavy (non-hydrogen) atoms. The molecule has 0 spiro atoms. The normalized spacial score (nSPS) is 20.1. The number of hydrogen-bond acceptors (Lipinski definition) is 7. The maximum absolute atomic E-state index is 12.9. The van der Waals surface area contributed by atoms with Crippen molar-refractivity contribution in [1.82, 2.24) is 24.8 Å². The number of aromatic nitrogens is 3. The van der Waals surface area contributed by atoms with Gasteiger partial charge in [-0.05, 0) is 19.2 Å². The van der Waals surface area contributed by atoms with Crippen LogP contribution in [0.1, 0.15) is 22.3 Å². The summed E-state index contributed by atoms with van der Waals surface area (Å²) in [6.45, 7) is 2.87. The summed E-state index contributed by atoms with van der Waals surface area (Å²) < 4.78 is 5.73. The van der Waals surface area contributed by atoms with E-state index in [1.165, 1.54) is 23.5 Å². The van der Waals surface area contributed by atoms with Crippen molar-refractivity contribution in [1.29, 1.82) is 0 Å². The van der Waals surface area contributed by atoms with Crippen molar-refractivity contribution < 1.29 is 14.3 Å². The van der Waals surface area contributed by atoms with E-state index in [0.29, 0.717) is 29.6 Å². The standard InChI is InChI=1S/C18H19ClN6O3/c1-23-6-8-24(9-7-23)18(27)28-13-11-25(14-3-2-12(19)10-22-14)17(26)16-15(13)20-4-5-21-16/h2-5,10,13H,6-9,11H2,1H3/t13-/m1/s1. The summed E-state index contributed by atoms with van der Waals surface area (Å²) in [5, 5.41) is 0.464. The predicted molar refractivity (Wildman–Crippen MR) is 101 cm³/mol. The van der Waals surface area contributed by atoms with Crippen molar-refractivity contribution in [2.75, 3.05) is 44.7 Å². The topological polar surface area (TPSA) is 91.8 Å². The SMILES string of the molecule is CN1CCN(C(=O)O[C@@H]2CN(c3ccc(Cl)cn3)C(=O)c3nccnc32)CC1. The van der Waals surface area contributed by atoms with Crippen LogP contribution in [-0.2, 0) is 4.74 Å². The first-order valence-electron chi connectivity index (χ1n) is 8.91. The molecule has 2 amide bonds. The van der Waals surface area contributed by atoms with Crippen molar-refractivity contribution in [3.05, 3.63) is 47.1 Å². The fourth-order valence-electron chi connectivity index (χ4n) is 3.22. The van der Waals surface area contributed by atoms with E-state index in [0.717, 1.165) is 13.1 Å². The zero-order chi connectivity index (χ0) is 19.7. The molecule has 2 aliphatic heterocycles. The summed E-state index contributed by atoms with van der Waals surface area (Å²) in [6.07, 6.45) is 3.23. The second kappa shape index (κ2) is 7.69. The number of ether oxygens (including phenoxy) is 1. The van der Waals surface area contributed by atoms with Crippen molar-refractivity contribution in [3.63, 3.8) is 0 Å². The zero-order valence-electron chi connectivity index (χ0n) is 15.3. The average molecular weight is 403 g/mol. The van der Waals surface area contributed by atoms with Gasteiger partial charge in [0.05, 0.1) is 11.6 Å². The molecule has 2 aromatic heterocycles. The lowest BCUT2D eigenvalue weighted by atomic mass is 10.1. The second-order valence-corrected chi connectivity index (χ2v) is 7.14. The molecule has 146 valence electrons. The van der Waals surface area contributed by atoms with Crippen LogP contribution in [0.2, 0.25) is 5.02 Å². The molecule has 0 radical (unpaired) electrons. The Bertz CT molecular complexity index is 885. The Morgan fingerprint density at radius 2 is 1.89 bits per heavy atom. The van der Waals surface area contributed by atoms with Crippen molar-refractivity contribution in [3.8, 4) is 0 Å². The molecule has 1 atom stereocenters. The summed E-state index contributed by atoms with van der Waals surface area (Å²) >= 11 is 5.90. The molecule has 0 unspecified atom stereocenters. The van der Waals surface area contributed by atoms with Gasteiger partial charge in [-0.15, -0.1) is 0 Å². The third-order valence-corrected chi connectivity index (χ3v) is 5.04. The Kier molecular flexibility index (Phi) is 5.10. The van der Waals surface area contributed by atoms with Gasteiger partial charge in [0, 0.05) is 44.8 Å². The van der Waals surface area contributed by atoms with Crippen LogP contribution >= 0.6 is 11.6 Å². The minimum absolute atomic E-state index is 0.110. The summed E-state index contributed by atoms with van der Waals surface area (Å²) in [5.74, 6) is 0.0659. The van der Waals surface area contributed by atoms with Gasteiger partial charge < -0.3 is 14.5 Å². The second-order valence-electron chi connectivity index (χ2n) is 6.70. The summed E-state index contributed by atoms with van der Waals surface area (Å²) in [5.41, 5.74) is 0.516. The number of carbonyl (C=O) groups is 2. The number of carbonyl (C=O) groups excluding carboxylic acids is 2. The maximum atomic E-state index is 12.9. The van der Waals surface area contributed by atoms with Crippen LogP contribution in [-0.4, -0.2) is 76.5 Å². The van der Waals surface area contributed by atoms with E-state index in [9.17, 15) is 9.59 Å². The molecular formula is C18H19ClN6O3. The van der Waals surface area contributed by atoms with Gasteiger partial charge in [0.25, 0.3) is 5.91 Å². The molecule has 0 aliphatic carbocycles. The molecule has 0 aromatic carbocycles. The maximum Gasteiger partial charge on any atom is 0.410 e. The van der Waals surface area contributed by atoms with Crippen molar-refractivity contribution >= 4 is 29.4 Å². The lowest BCUT2D eigenvalue weighted by Crippen LogP contribution is -2.49. The van der Waals surface area contributed by atoms with Crippen LogP contribution in [0.25, 0.3) is 0 Å². The molecular weight excluding hydrogens is 384 g/mol. The van der Waals surface area contributed by atoms with Crippen LogP contribution in [0.15, 0.2) is 30.7 Å². The van der Waals surface area contributed by atoms with E-state index >= 15 is 0 Å². The van der Waals surface area contributed by atoms with E-state index < -0.39 is 12.2 Å². The Morgan fingerprint density at radius 1 is 1.14 bits per heavy atom. The van der Waals surface area contributed by atoms with E-state index in [-0.39, 0.29) is 18.1 Å². The monoisotopic (exact) mass is 402 g/mol. The number of anilines is 1. The Labute approximate surface area is 166 Å². The first-order chi connectivity index (χ1) is 13.5. The van der Waals surface area contributed by atoms with Crippen molar-refractivity contribution in [2.45, 2.75) is 6.10 Å². The Hall–Kier alpha value is -2.78. The fraction of sp³-hybridized carbons (Fsp3) is 0.389. The number of halogens is 1. The van der Waals surface area contributed by atoms with Crippen LogP contribution in [0.5, 0.6) is 0 Å². The van der Waals surface area contributed by atoms with Gasteiger partial charge in [-0.25, -0.2) is 14.8 Å². The highest BCUT2D eigenvalue weighted by Crippen LogP contribution is 2.30. The molecule has 9 nitrogen and oxygen atoms in total. The number of likely N-dealkylation sites (N-methyl/N-ethyl adjacent to an activating group) is 1. The summed E-state index contributed by atoms with van der Waals surface area (Å²) in [7, 11) is 2.01. The van der Waals surface area contributed by atoms with Gasteiger partial charge in [0.1, 0.15) is 11.5 Å². The molecule has 2 aromatic rings. The number of rotatable bonds is 2. The minimum atomic E-state index is -0.731. The van der Waals surface area contributed by atoms with E-state index in [1.54, 1.807) is 17.0 Å². The van der Waals surface area contributed by atoms with Gasteiger partial charge in [0.2, 0.25) is 0 Å². The minimum Gasteiger partial charge on any atom is -0.438 e. The van der Waals surface area contributed by atoms with Crippen LogP contribution < -0.4 is 4.90 Å². The number of fused-ring (bicyclic) bond motifs is 1. The van der Waals surface area contributed by atoms with E-state index in [4.69, 9.17) is 16.3 Å². The number of nitrogens with zero attached hydrogens (tertiary/aromatic N) is 6. The van der Waals surface area contributed by atoms with Gasteiger partial charge in [0.15, 0.2) is 11.8 Å². The average Bonchev–Trinajstić information content (AvgIpc) is 2.71. The number of hydrogen-bond donors (Lipinski definition) is 0. The molecule has 1 saturated heterocycles. The van der Waals surface area contributed by atoms with Gasteiger partial charge >= 0.3 is 6.09 Å². The molecule has 2 aliphatic rings. The first-order valence-corrected chi connectivity index (χ1v) is 9.29.